The van der Waals surface area contributed by atoms with Crippen LogP contribution in [0, 0.1) is 11.3 Å². The Bertz CT molecular complexity index is 601. The molecule has 0 bridgehead atoms. The summed E-state index contributed by atoms with van der Waals surface area (Å²) in [6.45, 7) is 1.07. The van der Waals surface area contributed by atoms with Gasteiger partial charge in [0.05, 0.1) is 19.2 Å². The van der Waals surface area contributed by atoms with Crippen LogP contribution in [0.2, 0.25) is 0 Å². The van der Waals surface area contributed by atoms with Gasteiger partial charge in [0.25, 0.3) is 5.91 Å². The molecule has 2 rings (SSSR count). The van der Waals surface area contributed by atoms with Crippen molar-refractivity contribution < 1.29 is 19.4 Å². The molecule has 0 spiro atoms. The quantitative estimate of drug-likeness (QED) is 0.842. The Kier molecular flexibility index (Phi) is 4.69. The Labute approximate surface area is 121 Å². The van der Waals surface area contributed by atoms with Crippen LogP contribution in [-0.4, -0.2) is 47.7 Å². The summed E-state index contributed by atoms with van der Waals surface area (Å²) >= 11 is 0. The maximum Gasteiger partial charge on any atom is 0.328 e. The maximum absolute atomic E-state index is 12.3. The molecule has 1 unspecified atom stereocenters. The summed E-state index contributed by atoms with van der Waals surface area (Å²) in [6, 6.07) is 8.63. The van der Waals surface area contributed by atoms with Crippen molar-refractivity contribution in [3.8, 4) is 6.07 Å². The van der Waals surface area contributed by atoms with Gasteiger partial charge in [0.2, 0.25) is 0 Å². The van der Waals surface area contributed by atoms with Crippen LogP contribution in [0.1, 0.15) is 15.9 Å². The molecule has 1 N–H and O–H groups in total. The minimum atomic E-state index is -1.02. The van der Waals surface area contributed by atoms with Gasteiger partial charge < -0.3 is 14.7 Å². The van der Waals surface area contributed by atoms with Crippen molar-refractivity contribution >= 4 is 18.0 Å². The third-order valence-electron chi connectivity index (χ3n) is 3.07. The highest BCUT2D eigenvalue weighted by Gasteiger charge is 2.24. The van der Waals surface area contributed by atoms with Crippen LogP contribution in [0.4, 0.5) is 0 Å². The fourth-order valence-corrected chi connectivity index (χ4v) is 2.00. The van der Waals surface area contributed by atoms with Crippen molar-refractivity contribution in [3.05, 3.63) is 41.5 Å². The molecule has 1 atom stereocenters. The molecule has 1 amide bonds. The van der Waals surface area contributed by atoms with Crippen molar-refractivity contribution in [1.82, 2.24) is 4.90 Å². The lowest BCUT2D eigenvalue weighted by Crippen LogP contribution is -2.45. The van der Waals surface area contributed by atoms with Crippen LogP contribution < -0.4 is 0 Å². The zero-order valence-corrected chi connectivity index (χ0v) is 11.2. The molecule has 1 heterocycles. The van der Waals surface area contributed by atoms with E-state index in [0.717, 1.165) is 6.08 Å². The van der Waals surface area contributed by atoms with Gasteiger partial charge in [0.15, 0.2) is 6.10 Å². The maximum atomic E-state index is 12.3. The van der Waals surface area contributed by atoms with Gasteiger partial charge >= 0.3 is 5.97 Å². The molecule has 1 aromatic carbocycles. The summed E-state index contributed by atoms with van der Waals surface area (Å²) in [5.41, 5.74) is 1.20. The number of hydrogen-bond donors (Lipinski definition) is 1. The first kappa shape index (κ1) is 14.8. The van der Waals surface area contributed by atoms with Crippen LogP contribution in [0.25, 0.3) is 6.08 Å². The van der Waals surface area contributed by atoms with Gasteiger partial charge in [-0.05, 0) is 23.8 Å². The van der Waals surface area contributed by atoms with Gasteiger partial charge in [-0.2, -0.15) is 5.26 Å². The number of amides is 1. The van der Waals surface area contributed by atoms with Gasteiger partial charge in [-0.25, -0.2) is 4.79 Å². The number of carbonyl (C=O) groups is 2. The minimum absolute atomic E-state index is 0.160. The molecule has 6 heteroatoms. The Balaban J connectivity index is 2.06. The summed E-state index contributed by atoms with van der Waals surface area (Å²) in [5, 5.41) is 17.4. The van der Waals surface area contributed by atoms with Crippen molar-refractivity contribution in [2.75, 3.05) is 19.7 Å². The lowest BCUT2D eigenvalue weighted by molar-refractivity contribution is -0.131. The SMILES string of the molecule is N#CC1CN(C(=O)c2ccc(C=CC(=O)O)cc2)CCO1. The van der Waals surface area contributed by atoms with Crippen LogP contribution in [-0.2, 0) is 9.53 Å². The average Bonchev–Trinajstić information content (AvgIpc) is 2.52. The number of aliphatic carboxylic acids is 1. The fraction of sp³-hybridized carbons (Fsp3) is 0.267. The minimum Gasteiger partial charge on any atom is -0.478 e. The summed E-state index contributed by atoms with van der Waals surface area (Å²) in [5.74, 6) is -1.18. The van der Waals surface area contributed by atoms with Crippen molar-refractivity contribution in [2.24, 2.45) is 0 Å². The number of nitriles is 1. The number of carboxylic acid groups (broad SMARTS) is 1. The third-order valence-corrected chi connectivity index (χ3v) is 3.07. The van der Waals surface area contributed by atoms with Gasteiger partial charge in [-0.1, -0.05) is 12.1 Å². The van der Waals surface area contributed by atoms with Gasteiger partial charge in [0, 0.05) is 18.2 Å². The van der Waals surface area contributed by atoms with E-state index >= 15 is 0 Å². The highest BCUT2D eigenvalue weighted by atomic mass is 16.5. The number of rotatable bonds is 3. The highest BCUT2D eigenvalue weighted by molar-refractivity contribution is 5.94. The number of nitrogens with zero attached hydrogens (tertiary/aromatic N) is 2. The molecule has 1 fully saturated rings. The number of carboxylic acids is 1. The molecule has 108 valence electrons. The number of morpholine rings is 1. The topological polar surface area (TPSA) is 90.6 Å². The van der Waals surface area contributed by atoms with E-state index in [1.807, 2.05) is 6.07 Å². The van der Waals surface area contributed by atoms with E-state index in [0.29, 0.717) is 24.3 Å². The third kappa shape index (κ3) is 3.91. The van der Waals surface area contributed by atoms with Gasteiger partial charge in [0.1, 0.15) is 0 Å². The normalized spacial score (nSPS) is 18.4. The summed E-state index contributed by atoms with van der Waals surface area (Å²) in [6.07, 6.45) is 1.91. The number of carbonyl (C=O) groups excluding carboxylic acids is 1. The van der Waals surface area contributed by atoms with E-state index in [1.54, 1.807) is 29.2 Å². The van der Waals surface area contributed by atoms with E-state index in [4.69, 9.17) is 15.1 Å². The van der Waals surface area contributed by atoms with Gasteiger partial charge in [-0.15, -0.1) is 0 Å². The first-order chi connectivity index (χ1) is 10.1. The second kappa shape index (κ2) is 6.68. The zero-order chi connectivity index (χ0) is 15.2. The van der Waals surface area contributed by atoms with Crippen LogP contribution >= 0.6 is 0 Å². The van der Waals surface area contributed by atoms with E-state index in [9.17, 15) is 9.59 Å². The molecular formula is C15H14N2O4. The van der Waals surface area contributed by atoms with Crippen LogP contribution in [0.5, 0.6) is 0 Å². The second-order valence-electron chi connectivity index (χ2n) is 4.53. The average molecular weight is 286 g/mol. The predicted octanol–water partition coefficient (Wildman–Crippen LogP) is 1.15. The smallest absolute Gasteiger partial charge is 0.328 e. The lowest BCUT2D eigenvalue weighted by Gasteiger charge is -2.29. The molecule has 0 aliphatic carbocycles. The van der Waals surface area contributed by atoms with Gasteiger partial charge in [-0.3, -0.25) is 4.79 Å². The molecule has 1 aromatic rings. The van der Waals surface area contributed by atoms with Crippen molar-refractivity contribution in [1.29, 1.82) is 5.26 Å². The molecule has 1 saturated heterocycles. The molecule has 1 aliphatic heterocycles. The standard InChI is InChI=1S/C15H14N2O4/c16-9-13-10-17(7-8-21-13)15(20)12-4-1-11(2-5-12)3-6-14(18)19/h1-6,13H,7-8,10H2,(H,18,19). The van der Waals surface area contributed by atoms with Crippen LogP contribution in [0.3, 0.4) is 0 Å². The predicted molar refractivity (Wildman–Crippen MR) is 74.4 cm³/mol. The summed E-state index contributed by atoms with van der Waals surface area (Å²) in [7, 11) is 0. The van der Waals surface area contributed by atoms with Crippen LogP contribution in [0.15, 0.2) is 30.3 Å². The molecule has 0 radical (unpaired) electrons. The molecule has 1 aliphatic rings. The highest BCUT2D eigenvalue weighted by Crippen LogP contribution is 2.12. The van der Waals surface area contributed by atoms with E-state index in [1.165, 1.54) is 6.08 Å². The van der Waals surface area contributed by atoms with E-state index < -0.39 is 12.1 Å². The Hall–Kier alpha value is -2.65. The van der Waals surface area contributed by atoms with E-state index in [2.05, 4.69) is 0 Å². The Morgan fingerprint density at radius 1 is 1.38 bits per heavy atom. The second-order valence-corrected chi connectivity index (χ2v) is 4.53. The fourth-order valence-electron chi connectivity index (χ4n) is 2.00. The Morgan fingerprint density at radius 2 is 2.10 bits per heavy atom. The number of hydrogen-bond acceptors (Lipinski definition) is 4. The largest absolute Gasteiger partial charge is 0.478 e. The lowest BCUT2D eigenvalue weighted by atomic mass is 10.1. The van der Waals surface area contributed by atoms with E-state index in [-0.39, 0.29) is 12.5 Å². The summed E-state index contributed by atoms with van der Waals surface area (Å²) < 4.78 is 5.20. The molecule has 21 heavy (non-hydrogen) atoms. The molecular weight excluding hydrogens is 272 g/mol. The molecule has 0 aromatic heterocycles. The zero-order valence-electron chi connectivity index (χ0n) is 11.2. The number of benzene rings is 1. The number of ether oxygens (including phenoxy) is 1. The van der Waals surface area contributed by atoms with Crippen molar-refractivity contribution in [2.45, 2.75) is 6.10 Å². The summed E-state index contributed by atoms with van der Waals surface area (Å²) in [4.78, 5) is 24.3. The Morgan fingerprint density at radius 3 is 2.71 bits per heavy atom. The van der Waals surface area contributed by atoms with Crippen molar-refractivity contribution in [3.63, 3.8) is 0 Å². The first-order valence-electron chi connectivity index (χ1n) is 6.41. The monoisotopic (exact) mass is 286 g/mol. The first-order valence-corrected chi connectivity index (χ1v) is 6.41. The molecule has 0 saturated carbocycles. The molecule has 6 nitrogen and oxygen atoms in total.